The van der Waals surface area contributed by atoms with E-state index in [0.717, 1.165) is 29.9 Å². The lowest BCUT2D eigenvalue weighted by Gasteiger charge is -2.23. The number of rotatable bonds is 5. The molecule has 1 saturated heterocycles. The summed E-state index contributed by atoms with van der Waals surface area (Å²) in [6, 6.07) is 13.6. The Morgan fingerprint density at radius 3 is 2.68 bits per heavy atom. The molecule has 0 spiro atoms. The van der Waals surface area contributed by atoms with Crippen LogP contribution in [-0.2, 0) is 10.0 Å². The lowest BCUT2D eigenvalue weighted by molar-refractivity contribution is 0.0728. The maximum absolute atomic E-state index is 12.9. The maximum Gasteiger partial charge on any atom is 0.273 e. The number of pyridine rings is 1. The Bertz CT molecular complexity index is 1070. The van der Waals surface area contributed by atoms with Crippen molar-refractivity contribution in [3.63, 3.8) is 0 Å². The van der Waals surface area contributed by atoms with Crippen LogP contribution in [0.15, 0.2) is 65.0 Å². The Morgan fingerprint density at radius 1 is 1.14 bits per heavy atom. The number of thiazole rings is 1. The predicted molar refractivity (Wildman–Crippen MR) is 107 cm³/mol. The smallest absolute Gasteiger partial charge is 0.273 e. The van der Waals surface area contributed by atoms with Crippen LogP contribution in [0.4, 0.5) is 5.13 Å². The van der Waals surface area contributed by atoms with Crippen molar-refractivity contribution < 1.29 is 13.2 Å². The van der Waals surface area contributed by atoms with Crippen molar-refractivity contribution in [2.24, 2.45) is 0 Å². The number of carbonyl (C=O) groups excluding carboxylic acids is 1. The number of aromatic nitrogens is 2. The van der Waals surface area contributed by atoms with Gasteiger partial charge in [0.15, 0.2) is 5.13 Å². The highest BCUT2D eigenvalue weighted by Gasteiger charge is 2.32. The fraction of sp³-hybridized carbons (Fsp3) is 0.211. The van der Waals surface area contributed by atoms with Gasteiger partial charge >= 0.3 is 0 Å². The number of hydrogen-bond donors (Lipinski definition) is 1. The zero-order chi connectivity index (χ0) is 19.6. The predicted octanol–water partition coefficient (Wildman–Crippen LogP) is 3.32. The molecule has 3 heterocycles. The van der Waals surface area contributed by atoms with Gasteiger partial charge in [-0.1, -0.05) is 24.3 Å². The van der Waals surface area contributed by atoms with Gasteiger partial charge in [0.05, 0.1) is 16.6 Å². The summed E-state index contributed by atoms with van der Waals surface area (Å²) in [5.74, 6) is -0.213. The Balaban J connectivity index is 1.52. The average molecular weight is 415 g/mol. The summed E-state index contributed by atoms with van der Waals surface area (Å²) < 4.78 is 27.3. The van der Waals surface area contributed by atoms with Crippen molar-refractivity contribution in [2.75, 3.05) is 11.3 Å². The van der Waals surface area contributed by atoms with Crippen LogP contribution in [0.5, 0.6) is 0 Å². The molecule has 1 aliphatic heterocycles. The largest absolute Gasteiger partial charge is 0.329 e. The van der Waals surface area contributed by atoms with Crippen LogP contribution >= 0.6 is 11.3 Å². The van der Waals surface area contributed by atoms with Crippen molar-refractivity contribution in [3.05, 3.63) is 71.5 Å². The van der Waals surface area contributed by atoms with Crippen LogP contribution < -0.4 is 4.72 Å². The second-order valence-corrected chi connectivity index (χ2v) is 8.91. The molecule has 1 unspecified atom stereocenters. The van der Waals surface area contributed by atoms with E-state index in [-0.39, 0.29) is 27.7 Å². The number of likely N-dealkylation sites (tertiary alicyclic amines) is 1. The molecule has 0 aliphatic carbocycles. The van der Waals surface area contributed by atoms with Crippen LogP contribution in [0.25, 0.3) is 0 Å². The molecule has 7 nitrogen and oxygen atoms in total. The number of nitrogens with zero attached hydrogens (tertiary/aromatic N) is 3. The molecule has 28 heavy (non-hydrogen) atoms. The van der Waals surface area contributed by atoms with Crippen LogP contribution in [0.1, 0.15) is 35.1 Å². The van der Waals surface area contributed by atoms with Gasteiger partial charge in [0.1, 0.15) is 5.69 Å². The lowest BCUT2D eigenvalue weighted by atomic mass is 10.1. The monoisotopic (exact) mass is 414 g/mol. The molecule has 1 aliphatic rings. The zero-order valence-corrected chi connectivity index (χ0v) is 16.5. The molecule has 1 atom stereocenters. The van der Waals surface area contributed by atoms with Crippen molar-refractivity contribution in [3.8, 4) is 0 Å². The molecule has 144 valence electrons. The minimum absolute atomic E-state index is 0.0835. The minimum atomic E-state index is -3.74. The van der Waals surface area contributed by atoms with E-state index in [1.165, 1.54) is 12.1 Å². The molecule has 9 heteroatoms. The molecule has 0 bridgehead atoms. The van der Waals surface area contributed by atoms with Crippen LogP contribution in [0.2, 0.25) is 0 Å². The molecule has 2 aromatic heterocycles. The van der Waals surface area contributed by atoms with Gasteiger partial charge < -0.3 is 4.90 Å². The third-order valence-corrected chi connectivity index (χ3v) is 6.78. The van der Waals surface area contributed by atoms with E-state index in [9.17, 15) is 13.2 Å². The molecule has 1 N–H and O–H groups in total. The first-order valence-electron chi connectivity index (χ1n) is 8.80. The van der Waals surface area contributed by atoms with Gasteiger partial charge in [-0.2, -0.15) is 0 Å². The average Bonchev–Trinajstić information content (AvgIpc) is 3.38. The first-order valence-corrected chi connectivity index (χ1v) is 11.2. The normalized spacial score (nSPS) is 16.9. The molecule has 0 saturated carbocycles. The molecule has 1 aromatic carbocycles. The van der Waals surface area contributed by atoms with E-state index in [4.69, 9.17) is 0 Å². The number of carbonyl (C=O) groups is 1. The van der Waals surface area contributed by atoms with Gasteiger partial charge in [-0.05, 0) is 37.1 Å². The Morgan fingerprint density at radius 2 is 1.93 bits per heavy atom. The molecule has 1 amide bonds. The Kier molecular flexibility index (Phi) is 5.10. The number of sulfonamides is 1. The molecular weight excluding hydrogens is 396 g/mol. The summed E-state index contributed by atoms with van der Waals surface area (Å²) in [6.07, 6.45) is 3.46. The van der Waals surface area contributed by atoms with E-state index in [0.29, 0.717) is 6.54 Å². The molecule has 3 aromatic rings. The van der Waals surface area contributed by atoms with Crippen molar-refractivity contribution in [1.29, 1.82) is 0 Å². The maximum atomic E-state index is 12.9. The quantitative estimate of drug-likeness (QED) is 0.691. The van der Waals surface area contributed by atoms with Crippen LogP contribution in [-0.4, -0.2) is 35.7 Å². The minimum Gasteiger partial charge on any atom is -0.329 e. The number of benzene rings is 1. The molecule has 4 rings (SSSR count). The first kappa shape index (κ1) is 18.6. The standard InChI is InChI=1S/C19H18N4O3S2/c24-18(23-12-6-10-17(23)15-9-4-5-11-20-15)16-13-27-19(21-16)22-28(25,26)14-7-2-1-3-8-14/h1-5,7-9,11,13,17H,6,10,12H2,(H,21,22). The molecule has 0 radical (unpaired) electrons. The van der Waals surface area contributed by atoms with Gasteiger partial charge in [0, 0.05) is 18.1 Å². The Hall–Kier alpha value is -2.78. The zero-order valence-electron chi connectivity index (χ0n) is 14.9. The first-order chi connectivity index (χ1) is 13.5. The van der Waals surface area contributed by atoms with Crippen LogP contribution in [0.3, 0.4) is 0 Å². The topological polar surface area (TPSA) is 92.3 Å². The van der Waals surface area contributed by atoms with Gasteiger partial charge in [0.25, 0.3) is 15.9 Å². The third kappa shape index (κ3) is 3.76. The van der Waals surface area contributed by atoms with Gasteiger partial charge in [-0.3, -0.25) is 14.5 Å². The van der Waals surface area contributed by atoms with Gasteiger partial charge in [0.2, 0.25) is 0 Å². The summed E-state index contributed by atoms with van der Waals surface area (Å²) in [7, 11) is -3.74. The summed E-state index contributed by atoms with van der Waals surface area (Å²) in [5.41, 5.74) is 1.09. The van der Waals surface area contributed by atoms with E-state index < -0.39 is 10.0 Å². The number of anilines is 1. The van der Waals surface area contributed by atoms with E-state index in [1.54, 1.807) is 34.7 Å². The molecule has 1 fully saturated rings. The second kappa shape index (κ2) is 7.69. The van der Waals surface area contributed by atoms with E-state index >= 15 is 0 Å². The fourth-order valence-electron chi connectivity index (χ4n) is 3.23. The SMILES string of the molecule is O=C(c1csc(NS(=O)(=O)c2ccccc2)n1)N1CCCC1c1ccccn1. The van der Waals surface area contributed by atoms with Crippen molar-refractivity contribution >= 4 is 32.4 Å². The summed E-state index contributed by atoms with van der Waals surface area (Å²) in [6.45, 7) is 0.628. The highest BCUT2D eigenvalue weighted by atomic mass is 32.2. The van der Waals surface area contributed by atoms with Crippen molar-refractivity contribution in [1.82, 2.24) is 14.9 Å². The van der Waals surface area contributed by atoms with Crippen molar-refractivity contribution in [2.45, 2.75) is 23.8 Å². The second-order valence-electron chi connectivity index (χ2n) is 6.37. The number of hydrogen-bond acceptors (Lipinski definition) is 6. The molecular formula is C19H18N4O3S2. The van der Waals surface area contributed by atoms with Gasteiger partial charge in [-0.25, -0.2) is 13.4 Å². The summed E-state index contributed by atoms with van der Waals surface area (Å²) in [5, 5.41) is 1.75. The van der Waals surface area contributed by atoms with Gasteiger partial charge in [-0.15, -0.1) is 11.3 Å². The lowest BCUT2D eigenvalue weighted by Crippen LogP contribution is -2.31. The fourth-order valence-corrected chi connectivity index (χ4v) is 5.19. The van der Waals surface area contributed by atoms with E-state index in [1.807, 2.05) is 18.2 Å². The van der Waals surface area contributed by atoms with E-state index in [2.05, 4.69) is 14.7 Å². The summed E-state index contributed by atoms with van der Waals surface area (Å²) in [4.78, 5) is 23.4. The summed E-state index contributed by atoms with van der Waals surface area (Å²) >= 11 is 1.09. The third-order valence-electron chi connectivity index (χ3n) is 4.54. The highest BCUT2D eigenvalue weighted by molar-refractivity contribution is 7.93. The number of amides is 1. The Labute approximate surface area is 167 Å². The van der Waals surface area contributed by atoms with Crippen LogP contribution in [0, 0.1) is 0 Å². The highest BCUT2D eigenvalue weighted by Crippen LogP contribution is 2.32. The number of nitrogens with one attached hydrogen (secondary N) is 1.